The fourth-order valence-electron chi connectivity index (χ4n) is 3.72. The van der Waals surface area contributed by atoms with Crippen LogP contribution in [0.25, 0.3) is 11.3 Å². The molecular weight excluding hydrogens is 440 g/mol. The first kappa shape index (κ1) is 25.9. The van der Waals surface area contributed by atoms with E-state index in [9.17, 15) is 9.59 Å². The highest BCUT2D eigenvalue weighted by Crippen LogP contribution is 2.29. The molecule has 0 aliphatic heterocycles. The van der Waals surface area contributed by atoms with Gasteiger partial charge in [0.2, 0.25) is 0 Å². The lowest BCUT2D eigenvalue weighted by Gasteiger charge is -2.20. The molecule has 6 nitrogen and oxygen atoms in total. The largest absolute Gasteiger partial charge is 0.484 e. The Morgan fingerprint density at radius 1 is 1.00 bits per heavy atom. The first-order valence-electron chi connectivity index (χ1n) is 12.0. The Morgan fingerprint density at radius 3 is 2.23 bits per heavy atom. The lowest BCUT2D eigenvalue weighted by molar-refractivity contribution is -0.136. The molecular formula is C29H34N2O4. The van der Waals surface area contributed by atoms with E-state index < -0.39 is 5.97 Å². The van der Waals surface area contributed by atoms with E-state index in [1.807, 2.05) is 24.3 Å². The molecule has 35 heavy (non-hydrogen) atoms. The summed E-state index contributed by atoms with van der Waals surface area (Å²) in [6.07, 6.45) is 3.24. The van der Waals surface area contributed by atoms with Crippen molar-refractivity contribution in [2.75, 3.05) is 6.54 Å². The first-order valence-corrected chi connectivity index (χ1v) is 12.0. The van der Waals surface area contributed by atoms with Gasteiger partial charge in [0.25, 0.3) is 5.91 Å². The van der Waals surface area contributed by atoms with Gasteiger partial charge in [-0.25, -0.2) is 0 Å². The summed E-state index contributed by atoms with van der Waals surface area (Å²) in [5.74, 6) is -0.545. The van der Waals surface area contributed by atoms with Crippen LogP contribution in [0, 0.1) is 0 Å². The summed E-state index contributed by atoms with van der Waals surface area (Å²) in [6, 6.07) is 19.6. The molecule has 184 valence electrons. The number of carboxylic acids is 1. The zero-order valence-electron chi connectivity index (χ0n) is 20.9. The number of aliphatic carboxylic acids is 1. The second-order valence-electron chi connectivity index (χ2n) is 9.62. The third-order valence-corrected chi connectivity index (χ3v) is 5.78. The van der Waals surface area contributed by atoms with Crippen LogP contribution in [0.2, 0.25) is 0 Å². The highest BCUT2D eigenvalue weighted by atomic mass is 16.5. The van der Waals surface area contributed by atoms with Gasteiger partial charge in [-0.15, -0.1) is 0 Å². The minimum absolute atomic E-state index is 0.0984. The first-order chi connectivity index (χ1) is 16.7. The summed E-state index contributed by atoms with van der Waals surface area (Å²) in [4.78, 5) is 27.4. The Morgan fingerprint density at radius 2 is 1.69 bits per heavy atom. The van der Waals surface area contributed by atoms with Gasteiger partial charge in [-0.2, -0.15) is 0 Å². The maximum absolute atomic E-state index is 12.2. The van der Waals surface area contributed by atoms with Gasteiger partial charge >= 0.3 is 5.97 Å². The number of hydrogen-bond donors (Lipinski definition) is 2. The van der Waals surface area contributed by atoms with Gasteiger partial charge in [0.1, 0.15) is 11.9 Å². The predicted molar refractivity (Wildman–Crippen MR) is 138 cm³/mol. The molecule has 6 heteroatoms. The Labute approximate surface area is 207 Å². The fraction of sp³-hybridized carbons (Fsp3) is 0.345. The van der Waals surface area contributed by atoms with E-state index in [2.05, 4.69) is 62.3 Å². The topological polar surface area (TPSA) is 88.5 Å². The van der Waals surface area contributed by atoms with E-state index in [0.717, 1.165) is 29.7 Å². The van der Waals surface area contributed by atoms with Gasteiger partial charge in [-0.1, -0.05) is 70.5 Å². The lowest BCUT2D eigenvalue weighted by atomic mass is 9.86. The number of nitrogens with one attached hydrogen (secondary N) is 1. The van der Waals surface area contributed by atoms with Crippen molar-refractivity contribution < 1.29 is 19.4 Å². The Balaban J connectivity index is 1.67. The van der Waals surface area contributed by atoms with Crippen molar-refractivity contribution in [3.63, 3.8) is 0 Å². The standard InChI is InChI=1S/C29H34N2O4/c1-5-6-26(21-7-9-22(10-8-21)28(34)30-18-17-27(32)33)35-24-15-16-25(31-19-24)20-11-13-23(14-12-20)29(2,3)4/h7-16,19,26H,5-6,17-18H2,1-4H3,(H,30,34)(H,32,33). The van der Waals surface area contributed by atoms with E-state index in [-0.39, 0.29) is 30.4 Å². The average Bonchev–Trinajstić information content (AvgIpc) is 2.83. The molecule has 1 unspecified atom stereocenters. The van der Waals surface area contributed by atoms with Crippen molar-refractivity contribution in [3.8, 4) is 17.0 Å². The van der Waals surface area contributed by atoms with Gasteiger partial charge in [0, 0.05) is 17.7 Å². The summed E-state index contributed by atoms with van der Waals surface area (Å²) in [6.45, 7) is 8.79. The van der Waals surface area contributed by atoms with Crippen molar-refractivity contribution in [2.24, 2.45) is 0 Å². The number of pyridine rings is 1. The monoisotopic (exact) mass is 474 g/mol. The van der Waals surface area contributed by atoms with Crippen molar-refractivity contribution in [3.05, 3.63) is 83.6 Å². The minimum Gasteiger partial charge on any atom is -0.484 e. The molecule has 1 heterocycles. The van der Waals surface area contributed by atoms with Crippen molar-refractivity contribution >= 4 is 11.9 Å². The molecule has 1 aromatic heterocycles. The summed E-state index contributed by atoms with van der Waals surface area (Å²) in [7, 11) is 0. The number of ether oxygens (including phenoxy) is 1. The van der Waals surface area contributed by atoms with Crippen LogP contribution in [0.1, 0.15) is 74.5 Å². The van der Waals surface area contributed by atoms with Crippen LogP contribution in [0.5, 0.6) is 5.75 Å². The zero-order valence-corrected chi connectivity index (χ0v) is 20.9. The summed E-state index contributed by atoms with van der Waals surface area (Å²) >= 11 is 0. The molecule has 0 fully saturated rings. The van der Waals surface area contributed by atoms with Gasteiger partial charge in [-0.05, 0) is 47.2 Å². The van der Waals surface area contributed by atoms with Gasteiger partial charge < -0.3 is 15.2 Å². The molecule has 3 rings (SSSR count). The minimum atomic E-state index is -0.943. The average molecular weight is 475 g/mol. The van der Waals surface area contributed by atoms with Gasteiger partial charge in [0.05, 0.1) is 18.3 Å². The molecule has 0 saturated heterocycles. The van der Waals surface area contributed by atoms with Crippen molar-refractivity contribution in [1.82, 2.24) is 10.3 Å². The van der Waals surface area contributed by atoms with E-state index in [0.29, 0.717) is 11.3 Å². The fourth-order valence-corrected chi connectivity index (χ4v) is 3.72. The van der Waals surface area contributed by atoms with Crippen LogP contribution in [-0.2, 0) is 10.2 Å². The number of carboxylic acid groups (broad SMARTS) is 1. The number of carbonyl (C=O) groups excluding carboxylic acids is 1. The van der Waals surface area contributed by atoms with Crippen molar-refractivity contribution in [1.29, 1.82) is 0 Å². The number of hydrogen-bond acceptors (Lipinski definition) is 4. The van der Waals surface area contributed by atoms with Gasteiger partial charge in [-0.3, -0.25) is 14.6 Å². The third-order valence-electron chi connectivity index (χ3n) is 5.78. The summed E-state index contributed by atoms with van der Waals surface area (Å²) < 4.78 is 6.26. The molecule has 0 saturated carbocycles. The molecule has 0 radical (unpaired) electrons. The molecule has 0 aliphatic rings. The van der Waals surface area contributed by atoms with Crippen LogP contribution in [-0.4, -0.2) is 28.5 Å². The summed E-state index contributed by atoms with van der Waals surface area (Å²) in [5.41, 5.74) is 4.80. The maximum atomic E-state index is 12.2. The molecule has 0 aliphatic carbocycles. The SMILES string of the molecule is CCCC(Oc1ccc(-c2ccc(C(C)(C)C)cc2)nc1)c1ccc(C(=O)NCCC(=O)O)cc1. The normalized spacial score (nSPS) is 12.1. The number of aromatic nitrogens is 1. The second kappa shape index (κ2) is 11.6. The van der Waals surface area contributed by atoms with E-state index >= 15 is 0 Å². The molecule has 2 N–H and O–H groups in total. The van der Waals surface area contributed by atoms with Gasteiger partial charge in [0.15, 0.2) is 0 Å². The van der Waals surface area contributed by atoms with E-state index in [4.69, 9.17) is 9.84 Å². The molecule has 1 atom stereocenters. The van der Waals surface area contributed by atoms with Crippen LogP contribution >= 0.6 is 0 Å². The smallest absolute Gasteiger partial charge is 0.305 e. The molecule has 0 spiro atoms. The second-order valence-corrected chi connectivity index (χ2v) is 9.62. The number of carbonyl (C=O) groups is 2. The third kappa shape index (κ3) is 7.41. The highest BCUT2D eigenvalue weighted by molar-refractivity contribution is 5.94. The van der Waals surface area contributed by atoms with Crippen LogP contribution in [0.4, 0.5) is 0 Å². The van der Waals surface area contributed by atoms with E-state index in [1.54, 1.807) is 18.3 Å². The quantitative estimate of drug-likeness (QED) is 0.367. The number of rotatable bonds is 10. The number of benzene rings is 2. The number of amides is 1. The molecule has 3 aromatic rings. The zero-order chi connectivity index (χ0) is 25.4. The van der Waals surface area contributed by atoms with Crippen molar-refractivity contribution in [2.45, 2.75) is 58.5 Å². The molecule has 1 amide bonds. The number of nitrogens with zero attached hydrogens (tertiary/aromatic N) is 1. The lowest BCUT2D eigenvalue weighted by Crippen LogP contribution is -2.26. The van der Waals surface area contributed by atoms with Crippen LogP contribution < -0.4 is 10.1 Å². The Kier molecular flexibility index (Phi) is 8.63. The van der Waals surface area contributed by atoms with E-state index in [1.165, 1.54) is 5.56 Å². The Bertz CT molecular complexity index is 1120. The van der Waals surface area contributed by atoms with Crippen LogP contribution in [0.3, 0.4) is 0 Å². The molecule has 2 aromatic carbocycles. The summed E-state index contributed by atoms with van der Waals surface area (Å²) in [5, 5.41) is 11.3. The highest BCUT2D eigenvalue weighted by Gasteiger charge is 2.16. The molecule has 0 bridgehead atoms. The maximum Gasteiger partial charge on any atom is 0.305 e. The predicted octanol–water partition coefficient (Wildman–Crippen LogP) is 6.17. The van der Waals surface area contributed by atoms with Crippen LogP contribution in [0.15, 0.2) is 66.9 Å². The Hall–Kier alpha value is -3.67.